The van der Waals surface area contributed by atoms with Gasteiger partial charge in [0.05, 0.1) is 10.7 Å². The molecule has 106 valence electrons. The molecule has 1 aromatic rings. The molecule has 0 fully saturated rings. The zero-order valence-electron chi connectivity index (χ0n) is 11.1. The van der Waals surface area contributed by atoms with Crippen molar-refractivity contribution in [2.75, 3.05) is 26.0 Å². The molecule has 0 radical (unpaired) electrons. The summed E-state index contributed by atoms with van der Waals surface area (Å²) in [7, 11) is 1.68. The monoisotopic (exact) mass is 286 g/mol. The molecule has 0 saturated heterocycles. The van der Waals surface area contributed by atoms with Crippen LogP contribution in [0.25, 0.3) is 0 Å². The molecule has 0 aromatic heterocycles. The number of aldehydes is 1. The summed E-state index contributed by atoms with van der Waals surface area (Å²) >= 11 is 5.76. The van der Waals surface area contributed by atoms with Gasteiger partial charge in [0.25, 0.3) is 5.91 Å². The molecule has 0 aliphatic carbocycles. The van der Waals surface area contributed by atoms with Gasteiger partial charge in [0.1, 0.15) is 6.29 Å². The van der Waals surface area contributed by atoms with Crippen LogP contribution in [0.2, 0.25) is 5.02 Å². The van der Waals surface area contributed by atoms with Crippen molar-refractivity contribution >= 4 is 29.5 Å². The zero-order chi connectivity index (χ0) is 14.7. The first-order valence-electron chi connectivity index (χ1n) is 5.82. The summed E-state index contributed by atoms with van der Waals surface area (Å²) in [5, 5.41) is 2.92. The van der Waals surface area contributed by atoms with Crippen LogP contribution in [0.3, 0.4) is 0 Å². The molecule has 0 aliphatic heterocycles. The number of rotatable bonds is 5. The van der Waals surface area contributed by atoms with Crippen LogP contribution >= 0.6 is 11.6 Å². The van der Waals surface area contributed by atoms with Crippen molar-refractivity contribution in [1.82, 2.24) is 5.32 Å². The second-order valence-electron chi connectivity index (χ2n) is 3.52. The summed E-state index contributed by atoms with van der Waals surface area (Å²) in [6.45, 7) is 3.10. The van der Waals surface area contributed by atoms with Crippen LogP contribution in [-0.2, 0) is 9.53 Å². The third-order valence-corrected chi connectivity index (χ3v) is 2.43. The summed E-state index contributed by atoms with van der Waals surface area (Å²) in [6.07, 6.45) is 1.05. The Morgan fingerprint density at radius 1 is 1.53 bits per heavy atom. The van der Waals surface area contributed by atoms with E-state index >= 15 is 0 Å². The van der Waals surface area contributed by atoms with E-state index in [0.29, 0.717) is 29.2 Å². The van der Waals surface area contributed by atoms with Crippen molar-refractivity contribution in [2.45, 2.75) is 13.3 Å². The fourth-order valence-corrected chi connectivity index (χ4v) is 1.20. The third-order valence-electron chi connectivity index (χ3n) is 2.10. The number of halogens is 1. The molecule has 0 unspecified atom stereocenters. The Bertz CT molecular complexity index is 409. The van der Waals surface area contributed by atoms with Crippen molar-refractivity contribution in [2.24, 2.45) is 0 Å². The molecule has 0 spiro atoms. The molecule has 0 atom stereocenters. The van der Waals surface area contributed by atoms with Crippen LogP contribution in [0.1, 0.15) is 23.7 Å². The van der Waals surface area contributed by atoms with Gasteiger partial charge in [-0.1, -0.05) is 11.6 Å². The van der Waals surface area contributed by atoms with Crippen LogP contribution in [0.15, 0.2) is 18.2 Å². The van der Waals surface area contributed by atoms with Crippen LogP contribution in [0.4, 0.5) is 5.69 Å². The highest BCUT2D eigenvalue weighted by Crippen LogP contribution is 2.19. The van der Waals surface area contributed by atoms with Crippen molar-refractivity contribution in [3.63, 3.8) is 0 Å². The highest BCUT2D eigenvalue weighted by Gasteiger charge is 2.06. The van der Waals surface area contributed by atoms with Gasteiger partial charge >= 0.3 is 0 Å². The molecule has 5 nitrogen and oxygen atoms in total. The number of hydrogen-bond donors (Lipinski definition) is 2. The van der Waals surface area contributed by atoms with Crippen molar-refractivity contribution in [3.8, 4) is 0 Å². The lowest BCUT2D eigenvalue weighted by atomic mass is 10.2. The number of carbonyl (C=O) groups is 2. The molecule has 3 N–H and O–H groups in total. The smallest absolute Gasteiger partial charge is 0.251 e. The Morgan fingerprint density at radius 2 is 2.16 bits per heavy atom. The second-order valence-corrected chi connectivity index (χ2v) is 3.93. The fraction of sp³-hybridized carbons (Fsp3) is 0.385. The average molecular weight is 287 g/mol. The maximum atomic E-state index is 11.5. The van der Waals surface area contributed by atoms with Crippen LogP contribution in [0, 0.1) is 0 Å². The minimum absolute atomic E-state index is 0.265. The average Bonchev–Trinajstić information content (AvgIpc) is 2.42. The van der Waals surface area contributed by atoms with Gasteiger partial charge in [-0.25, -0.2) is 0 Å². The quantitative estimate of drug-likeness (QED) is 0.492. The van der Waals surface area contributed by atoms with Gasteiger partial charge in [-0.3, -0.25) is 4.79 Å². The Labute approximate surface area is 118 Å². The molecular formula is C13H19ClN2O3. The van der Waals surface area contributed by atoms with Gasteiger partial charge in [0, 0.05) is 32.2 Å². The molecule has 6 heteroatoms. The predicted octanol–water partition coefficient (Wildman–Crippen LogP) is 1.89. The summed E-state index contributed by atoms with van der Waals surface area (Å²) in [4.78, 5) is 21.5. The molecule has 19 heavy (non-hydrogen) atoms. The Hall–Kier alpha value is -1.59. The maximum absolute atomic E-state index is 11.5. The fourth-order valence-electron chi connectivity index (χ4n) is 1.02. The van der Waals surface area contributed by atoms with E-state index in [-0.39, 0.29) is 5.91 Å². The van der Waals surface area contributed by atoms with Crippen molar-refractivity contribution in [3.05, 3.63) is 28.8 Å². The van der Waals surface area contributed by atoms with Gasteiger partial charge in [-0.2, -0.15) is 0 Å². The van der Waals surface area contributed by atoms with Gasteiger partial charge in [0.2, 0.25) is 0 Å². The van der Waals surface area contributed by atoms with Crippen LogP contribution < -0.4 is 11.1 Å². The van der Waals surface area contributed by atoms with E-state index in [1.165, 1.54) is 6.07 Å². The minimum Gasteiger partial charge on any atom is -0.398 e. The topological polar surface area (TPSA) is 81.4 Å². The van der Waals surface area contributed by atoms with Gasteiger partial charge in [0.15, 0.2) is 0 Å². The van der Waals surface area contributed by atoms with Gasteiger partial charge in [-0.05, 0) is 25.1 Å². The summed E-state index contributed by atoms with van der Waals surface area (Å²) in [5.74, 6) is -0.265. The predicted molar refractivity (Wildman–Crippen MR) is 76.4 cm³/mol. The van der Waals surface area contributed by atoms with E-state index in [1.807, 2.05) is 6.92 Å². The first-order valence-corrected chi connectivity index (χ1v) is 6.20. The number of anilines is 1. The number of hydrogen-bond acceptors (Lipinski definition) is 4. The molecule has 0 saturated carbocycles. The lowest BCUT2D eigenvalue weighted by molar-refractivity contribution is -0.107. The van der Waals surface area contributed by atoms with E-state index in [9.17, 15) is 9.59 Å². The number of ether oxygens (including phenoxy) is 1. The van der Waals surface area contributed by atoms with Crippen molar-refractivity contribution in [1.29, 1.82) is 0 Å². The molecule has 1 aromatic carbocycles. The molecule has 0 heterocycles. The number of methoxy groups -OCH3 is 1. The number of carbonyl (C=O) groups excluding carboxylic acids is 2. The first-order chi connectivity index (χ1) is 9.06. The number of amides is 1. The van der Waals surface area contributed by atoms with Crippen molar-refractivity contribution < 1.29 is 14.3 Å². The lowest BCUT2D eigenvalue weighted by Gasteiger charge is -2.04. The van der Waals surface area contributed by atoms with E-state index in [2.05, 4.69) is 10.1 Å². The Balaban J connectivity index is 0.000000711. The first kappa shape index (κ1) is 17.4. The van der Waals surface area contributed by atoms with E-state index in [4.69, 9.17) is 17.3 Å². The maximum Gasteiger partial charge on any atom is 0.251 e. The third kappa shape index (κ3) is 7.43. The highest BCUT2D eigenvalue weighted by atomic mass is 35.5. The number of nitrogen functional groups attached to an aromatic ring is 1. The van der Waals surface area contributed by atoms with Gasteiger partial charge in [-0.15, -0.1) is 0 Å². The SMILES string of the molecule is CCOC.Nc1ccc(C(=O)NCCC=O)cc1Cl. The highest BCUT2D eigenvalue weighted by molar-refractivity contribution is 6.33. The van der Waals surface area contributed by atoms with E-state index in [0.717, 1.165) is 12.9 Å². The van der Waals surface area contributed by atoms with Crippen LogP contribution in [-0.4, -0.2) is 32.5 Å². The summed E-state index contributed by atoms with van der Waals surface area (Å²) < 4.78 is 4.54. The molecular weight excluding hydrogens is 268 g/mol. The normalized spacial score (nSPS) is 9.21. The standard InChI is InChI=1S/C10H11ClN2O2.C3H8O/c11-8-6-7(2-3-9(8)12)10(15)13-4-1-5-14;1-3-4-2/h2-3,5-6H,1,4,12H2,(H,13,15);3H2,1-2H3. The summed E-state index contributed by atoms with van der Waals surface area (Å²) in [6, 6.07) is 4.64. The zero-order valence-corrected chi connectivity index (χ0v) is 11.9. The Morgan fingerprint density at radius 3 is 2.63 bits per heavy atom. The second kappa shape index (κ2) is 10.3. The van der Waals surface area contributed by atoms with E-state index < -0.39 is 0 Å². The molecule has 0 aliphatic rings. The largest absolute Gasteiger partial charge is 0.398 e. The minimum atomic E-state index is -0.265. The van der Waals surface area contributed by atoms with Crippen LogP contribution in [0.5, 0.6) is 0 Å². The number of benzene rings is 1. The molecule has 1 rings (SSSR count). The summed E-state index contributed by atoms with van der Waals surface area (Å²) in [5.41, 5.74) is 6.36. The number of nitrogens with one attached hydrogen (secondary N) is 1. The molecule has 1 amide bonds. The van der Waals surface area contributed by atoms with Gasteiger partial charge < -0.3 is 20.6 Å². The van der Waals surface area contributed by atoms with E-state index in [1.54, 1.807) is 19.2 Å². The molecule has 0 bridgehead atoms. The Kier molecular flexibility index (Phi) is 9.48. The number of nitrogens with two attached hydrogens (primary N) is 1. The lowest BCUT2D eigenvalue weighted by Crippen LogP contribution is -2.24.